The molecule has 0 nitrogen and oxygen atoms in total. The highest BCUT2D eigenvalue weighted by molar-refractivity contribution is 6.36. The largest absolute Gasteiger partial charge is 0.122 e. The standard InChI is InChI=1S/C13H8Cl4/c14-7-8-5-9(15)1-3-11(8)12-4-2-10(16)6-13(12)17/h1-6H,7H2. The second-order valence-electron chi connectivity index (χ2n) is 3.56. The van der Waals surface area contributed by atoms with E-state index in [2.05, 4.69) is 0 Å². The summed E-state index contributed by atoms with van der Waals surface area (Å²) in [5.74, 6) is 0.384. The number of benzene rings is 2. The smallest absolute Gasteiger partial charge is 0.0499 e. The van der Waals surface area contributed by atoms with Gasteiger partial charge in [0.25, 0.3) is 0 Å². The highest BCUT2D eigenvalue weighted by Crippen LogP contribution is 2.34. The summed E-state index contributed by atoms with van der Waals surface area (Å²) in [5.41, 5.74) is 2.83. The second kappa shape index (κ2) is 5.49. The van der Waals surface area contributed by atoms with Crippen LogP contribution < -0.4 is 0 Å². The topological polar surface area (TPSA) is 0 Å². The van der Waals surface area contributed by atoms with Crippen LogP contribution in [0.4, 0.5) is 0 Å². The highest BCUT2D eigenvalue weighted by Gasteiger charge is 2.09. The Morgan fingerprint density at radius 3 is 1.94 bits per heavy atom. The molecule has 2 rings (SSSR count). The van der Waals surface area contributed by atoms with E-state index in [0.717, 1.165) is 16.7 Å². The van der Waals surface area contributed by atoms with Crippen LogP contribution in [0.3, 0.4) is 0 Å². The van der Waals surface area contributed by atoms with Crippen molar-refractivity contribution < 1.29 is 0 Å². The average Bonchev–Trinajstić information content (AvgIpc) is 2.30. The van der Waals surface area contributed by atoms with Crippen LogP contribution in [0.15, 0.2) is 36.4 Å². The van der Waals surface area contributed by atoms with Crippen LogP contribution in [0.25, 0.3) is 11.1 Å². The predicted octanol–water partition coefficient (Wildman–Crippen LogP) is 6.05. The Labute approximate surface area is 120 Å². The molecule has 0 aromatic heterocycles. The molecule has 0 heterocycles. The van der Waals surface area contributed by atoms with Crippen molar-refractivity contribution in [3.63, 3.8) is 0 Å². The van der Waals surface area contributed by atoms with Crippen LogP contribution in [0.2, 0.25) is 15.1 Å². The molecule has 0 unspecified atom stereocenters. The molecule has 0 saturated carbocycles. The maximum absolute atomic E-state index is 6.17. The van der Waals surface area contributed by atoms with E-state index in [1.807, 2.05) is 24.3 Å². The van der Waals surface area contributed by atoms with E-state index in [4.69, 9.17) is 46.4 Å². The molecule has 0 atom stereocenters. The third-order valence-electron chi connectivity index (χ3n) is 2.43. The van der Waals surface area contributed by atoms with Gasteiger partial charge in [-0.05, 0) is 35.4 Å². The Morgan fingerprint density at radius 1 is 0.765 bits per heavy atom. The molecule has 0 aliphatic rings. The van der Waals surface area contributed by atoms with E-state index in [9.17, 15) is 0 Å². The SMILES string of the molecule is ClCc1cc(Cl)ccc1-c1ccc(Cl)cc1Cl. The van der Waals surface area contributed by atoms with E-state index >= 15 is 0 Å². The van der Waals surface area contributed by atoms with Gasteiger partial charge in [-0.2, -0.15) is 0 Å². The van der Waals surface area contributed by atoms with Gasteiger partial charge in [0, 0.05) is 26.5 Å². The van der Waals surface area contributed by atoms with E-state index in [1.165, 1.54) is 0 Å². The van der Waals surface area contributed by atoms with Crippen LogP contribution in [0, 0.1) is 0 Å². The summed E-state index contributed by atoms with van der Waals surface area (Å²) in [6, 6.07) is 11.0. The Hall–Kier alpha value is -0.400. The zero-order valence-corrected chi connectivity index (χ0v) is 11.7. The van der Waals surface area contributed by atoms with Crippen molar-refractivity contribution in [3.05, 3.63) is 57.0 Å². The second-order valence-corrected chi connectivity index (χ2v) is 5.11. The van der Waals surface area contributed by atoms with E-state index in [0.29, 0.717) is 20.9 Å². The fraction of sp³-hybridized carbons (Fsp3) is 0.0769. The first-order valence-corrected chi connectivity index (χ1v) is 6.58. The van der Waals surface area contributed by atoms with E-state index in [1.54, 1.807) is 12.1 Å². The molecule has 0 bridgehead atoms. The first-order chi connectivity index (χ1) is 8.11. The van der Waals surface area contributed by atoms with Crippen molar-refractivity contribution in [1.29, 1.82) is 0 Å². The Balaban J connectivity index is 2.60. The number of halogens is 4. The molecule has 0 aliphatic carbocycles. The normalized spacial score (nSPS) is 10.6. The van der Waals surface area contributed by atoms with Crippen molar-refractivity contribution >= 4 is 46.4 Å². The van der Waals surface area contributed by atoms with Gasteiger partial charge in [-0.25, -0.2) is 0 Å². The molecular formula is C13H8Cl4. The van der Waals surface area contributed by atoms with Crippen molar-refractivity contribution in [1.82, 2.24) is 0 Å². The minimum atomic E-state index is 0.384. The molecule has 2 aromatic carbocycles. The molecular weight excluding hydrogens is 298 g/mol. The third-order valence-corrected chi connectivity index (χ3v) is 3.50. The van der Waals surface area contributed by atoms with Crippen LogP contribution >= 0.6 is 46.4 Å². The lowest BCUT2D eigenvalue weighted by Crippen LogP contribution is -1.87. The monoisotopic (exact) mass is 304 g/mol. The Kier molecular flexibility index (Phi) is 4.22. The number of hydrogen-bond donors (Lipinski definition) is 0. The van der Waals surface area contributed by atoms with Crippen molar-refractivity contribution in [2.45, 2.75) is 5.88 Å². The molecule has 0 N–H and O–H groups in total. The molecule has 0 fully saturated rings. The van der Waals surface area contributed by atoms with Crippen LogP contribution in [-0.4, -0.2) is 0 Å². The van der Waals surface area contributed by atoms with Crippen LogP contribution in [0.1, 0.15) is 5.56 Å². The summed E-state index contributed by atoms with van der Waals surface area (Å²) in [6.45, 7) is 0. The molecule has 0 radical (unpaired) electrons. The molecule has 0 saturated heterocycles. The van der Waals surface area contributed by atoms with Crippen molar-refractivity contribution in [2.24, 2.45) is 0 Å². The lowest BCUT2D eigenvalue weighted by atomic mass is 10.0. The quantitative estimate of drug-likeness (QED) is 0.592. The van der Waals surface area contributed by atoms with Gasteiger partial charge in [-0.15, -0.1) is 11.6 Å². The zero-order chi connectivity index (χ0) is 12.4. The average molecular weight is 306 g/mol. The van der Waals surface area contributed by atoms with Gasteiger partial charge in [-0.1, -0.05) is 46.9 Å². The predicted molar refractivity (Wildman–Crippen MR) is 76.5 cm³/mol. The van der Waals surface area contributed by atoms with Gasteiger partial charge in [0.2, 0.25) is 0 Å². The maximum Gasteiger partial charge on any atom is 0.0499 e. The molecule has 88 valence electrons. The molecule has 2 aromatic rings. The molecule has 17 heavy (non-hydrogen) atoms. The zero-order valence-electron chi connectivity index (χ0n) is 8.68. The summed E-state index contributed by atoms with van der Waals surface area (Å²) < 4.78 is 0. The van der Waals surface area contributed by atoms with Crippen molar-refractivity contribution in [3.8, 4) is 11.1 Å². The van der Waals surface area contributed by atoms with Crippen molar-refractivity contribution in [2.75, 3.05) is 0 Å². The summed E-state index contributed by atoms with van der Waals surface area (Å²) >= 11 is 23.9. The van der Waals surface area contributed by atoms with Gasteiger partial charge in [0.05, 0.1) is 0 Å². The van der Waals surface area contributed by atoms with Gasteiger partial charge in [0.15, 0.2) is 0 Å². The summed E-state index contributed by atoms with van der Waals surface area (Å²) in [4.78, 5) is 0. The highest BCUT2D eigenvalue weighted by atomic mass is 35.5. The Morgan fingerprint density at radius 2 is 1.35 bits per heavy atom. The lowest BCUT2D eigenvalue weighted by molar-refractivity contribution is 1.40. The summed E-state index contributed by atoms with van der Waals surface area (Å²) in [5, 5.41) is 1.88. The third kappa shape index (κ3) is 2.89. The van der Waals surface area contributed by atoms with Gasteiger partial charge >= 0.3 is 0 Å². The lowest BCUT2D eigenvalue weighted by Gasteiger charge is -2.10. The molecule has 0 spiro atoms. The maximum atomic E-state index is 6.17. The Bertz CT molecular complexity index is 549. The van der Waals surface area contributed by atoms with Gasteiger partial charge in [-0.3, -0.25) is 0 Å². The summed E-state index contributed by atoms with van der Waals surface area (Å²) in [6.07, 6.45) is 0. The van der Waals surface area contributed by atoms with E-state index in [-0.39, 0.29) is 0 Å². The van der Waals surface area contributed by atoms with Crippen LogP contribution in [0.5, 0.6) is 0 Å². The summed E-state index contributed by atoms with van der Waals surface area (Å²) in [7, 11) is 0. The van der Waals surface area contributed by atoms with Crippen LogP contribution in [-0.2, 0) is 5.88 Å². The number of rotatable bonds is 2. The molecule has 0 aliphatic heterocycles. The number of alkyl halides is 1. The fourth-order valence-corrected chi connectivity index (χ4v) is 2.57. The van der Waals surface area contributed by atoms with Gasteiger partial charge in [0.1, 0.15) is 0 Å². The van der Waals surface area contributed by atoms with Gasteiger partial charge < -0.3 is 0 Å². The number of hydrogen-bond acceptors (Lipinski definition) is 0. The van der Waals surface area contributed by atoms with E-state index < -0.39 is 0 Å². The first-order valence-electron chi connectivity index (χ1n) is 4.91. The minimum absolute atomic E-state index is 0.384. The minimum Gasteiger partial charge on any atom is -0.122 e. The molecule has 0 amide bonds. The first kappa shape index (κ1) is 13.0. The molecule has 4 heteroatoms. The fourth-order valence-electron chi connectivity index (χ4n) is 1.64.